The molecule has 0 atom stereocenters. The van der Waals surface area contributed by atoms with E-state index in [0.29, 0.717) is 16.5 Å². The standard InChI is InChI=1S/C11H8O3/c1-2-7-8-3-6-11(13)14-10(8)5-4-9(7)12/h2-6,12H,1H2. The van der Waals surface area contributed by atoms with E-state index in [4.69, 9.17) is 4.42 Å². The molecular weight excluding hydrogens is 180 g/mol. The van der Waals surface area contributed by atoms with Crippen LogP contribution in [0.4, 0.5) is 0 Å². The van der Waals surface area contributed by atoms with Crippen LogP contribution in [0, 0.1) is 0 Å². The topological polar surface area (TPSA) is 50.4 Å². The second-order valence-electron chi connectivity index (χ2n) is 2.87. The summed E-state index contributed by atoms with van der Waals surface area (Å²) >= 11 is 0. The van der Waals surface area contributed by atoms with Crippen LogP contribution < -0.4 is 5.63 Å². The van der Waals surface area contributed by atoms with Crippen molar-refractivity contribution in [2.45, 2.75) is 0 Å². The Labute approximate surface area is 79.9 Å². The quantitative estimate of drug-likeness (QED) is 0.697. The number of fused-ring (bicyclic) bond motifs is 1. The molecule has 0 saturated heterocycles. The van der Waals surface area contributed by atoms with Crippen LogP contribution in [0.25, 0.3) is 17.0 Å². The van der Waals surface area contributed by atoms with Crippen LogP contribution in [-0.4, -0.2) is 5.11 Å². The van der Waals surface area contributed by atoms with Gasteiger partial charge in [-0.1, -0.05) is 12.7 Å². The van der Waals surface area contributed by atoms with Gasteiger partial charge in [0.05, 0.1) is 0 Å². The summed E-state index contributed by atoms with van der Waals surface area (Å²) in [4.78, 5) is 10.9. The number of aromatic hydroxyl groups is 1. The highest BCUT2D eigenvalue weighted by atomic mass is 16.4. The summed E-state index contributed by atoms with van der Waals surface area (Å²) < 4.78 is 4.94. The molecule has 0 saturated carbocycles. The summed E-state index contributed by atoms with van der Waals surface area (Å²) in [6, 6.07) is 5.95. The molecule has 2 rings (SSSR count). The van der Waals surface area contributed by atoms with Crippen molar-refractivity contribution in [2.75, 3.05) is 0 Å². The maximum atomic E-state index is 10.9. The van der Waals surface area contributed by atoms with E-state index in [1.165, 1.54) is 18.2 Å². The van der Waals surface area contributed by atoms with Gasteiger partial charge in [0.15, 0.2) is 0 Å². The van der Waals surface area contributed by atoms with Gasteiger partial charge in [-0.2, -0.15) is 0 Å². The summed E-state index contributed by atoms with van der Waals surface area (Å²) in [5.41, 5.74) is 0.620. The van der Waals surface area contributed by atoms with E-state index in [-0.39, 0.29) is 5.75 Å². The fourth-order valence-corrected chi connectivity index (χ4v) is 1.37. The van der Waals surface area contributed by atoms with Gasteiger partial charge in [0.2, 0.25) is 0 Å². The molecule has 0 aliphatic heterocycles. The van der Waals surface area contributed by atoms with E-state index >= 15 is 0 Å². The molecule has 0 radical (unpaired) electrons. The van der Waals surface area contributed by atoms with Crippen LogP contribution in [0.3, 0.4) is 0 Å². The van der Waals surface area contributed by atoms with Gasteiger partial charge >= 0.3 is 5.63 Å². The minimum atomic E-state index is -0.404. The molecule has 1 aromatic carbocycles. The van der Waals surface area contributed by atoms with Gasteiger partial charge in [-0.15, -0.1) is 0 Å². The predicted octanol–water partition coefficient (Wildman–Crippen LogP) is 2.14. The molecule has 1 N–H and O–H groups in total. The van der Waals surface area contributed by atoms with Gasteiger partial charge in [-0.3, -0.25) is 0 Å². The molecule has 14 heavy (non-hydrogen) atoms. The molecule has 0 amide bonds. The summed E-state index contributed by atoms with van der Waals surface area (Å²) in [6.45, 7) is 3.58. The van der Waals surface area contributed by atoms with Crippen molar-refractivity contribution in [3.8, 4) is 5.75 Å². The molecule has 0 unspecified atom stereocenters. The van der Waals surface area contributed by atoms with E-state index in [1.807, 2.05) is 0 Å². The van der Waals surface area contributed by atoms with E-state index in [2.05, 4.69) is 6.58 Å². The van der Waals surface area contributed by atoms with E-state index in [9.17, 15) is 9.90 Å². The average molecular weight is 188 g/mol. The van der Waals surface area contributed by atoms with E-state index < -0.39 is 5.63 Å². The monoisotopic (exact) mass is 188 g/mol. The number of rotatable bonds is 1. The van der Waals surface area contributed by atoms with Crippen molar-refractivity contribution in [3.63, 3.8) is 0 Å². The highest BCUT2D eigenvalue weighted by Gasteiger charge is 2.04. The Balaban J connectivity index is 2.95. The van der Waals surface area contributed by atoms with Crippen molar-refractivity contribution in [1.29, 1.82) is 0 Å². The Morgan fingerprint density at radius 3 is 2.79 bits per heavy atom. The van der Waals surface area contributed by atoms with Gasteiger partial charge in [-0.05, 0) is 18.2 Å². The molecule has 0 aliphatic carbocycles. The number of benzene rings is 1. The second-order valence-corrected chi connectivity index (χ2v) is 2.87. The summed E-state index contributed by atoms with van der Waals surface area (Å²) in [5.74, 6) is 0.126. The first kappa shape index (κ1) is 8.56. The van der Waals surface area contributed by atoms with Gasteiger partial charge in [-0.25, -0.2) is 4.79 Å². The molecule has 0 fully saturated rings. The number of phenols is 1. The third-order valence-corrected chi connectivity index (χ3v) is 2.02. The average Bonchev–Trinajstić information content (AvgIpc) is 2.18. The fourth-order valence-electron chi connectivity index (χ4n) is 1.37. The molecule has 1 heterocycles. The first-order valence-corrected chi connectivity index (χ1v) is 4.10. The van der Waals surface area contributed by atoms with Crippen LogP contribution in [0.15, 0.2) is 40.1 Å². The maximum Gasteiger partial charge on any atom is 0.336 e. The van der Waals surface area contributed by atoms with Crippen molar-refractivity contribution in [3.05, 3.63) is 46.8 Å². The van der Waals surface area contributed by atoms with Crippen LogP contribution in [0.1, 0.15) is 5.56 Å². The van der Waals surface area contributed by atoms with Crippen molar-refractivity contribution < 1.29 is 9.52 Å². The third-order valence-electron chi connectivity index (χ3n) is 2.02. The Hall–Kier alpha value is -2.03. The van der Waals surface area contributed by atoms with Crippen molar-refractivity contribution in [1.82, 2.24) is 0 Å². The van der Waals surface area contributed by atoms with Gasteiger partial charge in [0.25, 0.3) is 0 Å². The zero-order valence-electron chi connectivity index (χ0n) is 7.36. The number of hydrogen-bond acceptors (Lipinski definition) is 3. The lowest BCUT2D eigenvalue weighted by Gasteiger charge is -2.02. The Kier molecular flexibility index (Phi) is 1.85. The first-order chi connectivity index (χ1) is 6.72. The van der Waals surface area contributed by atoms with E-state index in [0.717, 1.165) is 0 Å². The van der Waals surface area contributed by atoms with Gasteiger partial charge < -0.3 is 9.52 Å². The second kappa shape index (κ2) is 3.03. The normalized spacial score (nSPS) is 10.3. The van der Waals surface area contributed by atoms with Crippen LogP contribution in [0.2, 0.25) is 0 Å². The lowest BCUT2D eigenvalue weighted by Crippen LogP contribution is -1.94. The number of phenolic OH excluding ortho intramolecular Hbond substituents is 1. The molecular formula is C11H8O3. The molecule has 2 aromatic rings. The minimum Gasteiger partial charge on any atom is -0.507 e. The minimum absolute atomic E-state index is 0.126. The van der Waals surface area contributed by atoms with Crippen molar-refractivity contribution in [2.24, 2.45) is 0 Å². The lowest BCUT2D eigenvalue weighted by molar-refractivity contribution is 0.474. The number of hydrogen-bond donors (Lipinski definition) is 1. The van der Waals surface area contributed by atoms with Crippen LogP contribution in [-0.2, 0) is 0 Å². The molecule has 1 aromatic heterocycles. The smallest absolute Gasteiger partial charge is 0.336 e. The molecule has 70 valence electrons. The molecule has 0 spiro atoms. The first-order valence-electron chi connectivity index (χ1n) is 4.10. The lowest BCUT2D eigenvalue weighted by atomic mass is 10.1. The van der Waals surface area contributed by atoms with Gasteiger partial charge in [0.1, 0.15) is 11.3 Å². The molecule has 0 bridgehead atoms. The highest BCUT2D eigenvalue weighted by molar-refractivity contribution is 5.88. The predicted molar refractivity (Wildman–Crippen MR) is 54.2 cm³/mol. The Morgan fingerprint density at radius 2 is 2.07 bits per heavy atom. The largest absolute Gasteiger partial charge is 0.507 e. The van der Waals surface area contributed by atoms with Crippen LogP contribution >= 0.6 is 0 Å². The highest BCUT2D eigenvalue weighted by Crippen LogP contribution is 2.26. The SMILES string of the molecule is C=Cc1c(O)ccc2oc(=O)ccc12. The molecule has 3 nitrogen and oxygen atoms in total. The summed E-state index contributed by atoms with van der Waals surface area (Å²) in [7, 11) is 0. The zero-order chi connectivity index (χ0) is 10.1. The van der Waals surface area contributed by atoms with Gasteiger partial charge in [0, 0.05) is 17.0 Å². The summed E-state index contributed by atoms with van der Waals surface area (Å²) in [6.07, 6.45) is 1.53. The fraction of sp³-hybridized carbons (Fsp3) is 0. The molecule has 0 aliphatic rings. The zero-order valence-corrected chi connectivity index (χ0v) is 7.36. The van der Waals surface area contributed by atoms with E-state index in [1.54, 1.807) is 12.1 Å². The Morgan fingerprint density at radius 1 is 1.29 bits per heavy atom. The van der Waals surface area contributed by atoms with Crippen LogP contribution in [0.5, 0.6) is 5.75 Å². The summed E-state index contributed by atoms with van der Waals surface area (Å²) in [5, 5.41) is 10.2. The molecule has 3 heteroatoms. The van der Waals surface area contributed by atoms with Crippen molar-refractivity contribution >= 4 is 17.0 Å². The Bertz CT molecular complexity index is 552. The third kappa shape index (κ3) is 1.19. The maximum absolute atomic E-state index is 10.9.